The topological polar surface area (TPSA) is 122 Å². The van der Waals surface area contributed by atoms with Gasteiger partial charge in [-0.2, -0.15) is 0 Å². The number of rotatable bonds is 6. The summed E-state index contributed by atoms with van der Waals surface area (Å²) in [5.41, 5.74) is 0.343. The van der Waals surface area contributed by atoms with Crippen molar-refractivity contribution < 1.29 is 33.9 Å². The molecule has 3 amide bonds. The third-order valence-corrected chi connectivity index (χ3v) is 3.43. The molecule has 9 heteroatoms. The van der Waals surface area contributed by atoms with Crippen molar-refractivity contribution in [1.82, 2.24) is 10.4 Å². The zero-order valence-corrected chi connectivity index (χ0v) is 13.6. The Morgan fingerprint density at radius 3 is 2.36 bits per heavy atom. The number of hydrogen-bond acceptors (Lipinski definition) is 7. The number of carbonyl (C=O) groups is 4. The number of hydroxylamine groups is 2. The summed E-state index contributed by atoms with van der Waals surface area (Å²) < 4.78 is 4.86. The van der Waals surface area contributed by atoms with E-state index in [0.717, 1.165) is 0 Å². The Bertz CT molecular complexity index is 656. The average molecular weight is 350 g/mol. The molecule has 0 spiro atoms. The number of ether oxygens (including phenoxy) is 1. The summed E-state index contributed by atoms with van der Waals surface area (Å²) in [6.45, 7) is 1.74. The predicted molar refractivity (Wildman–Crippen MR) is 83.3 cm³/mol. The summed E-state index contributed by atoms with van der Waals surface area (Å²) >= 11 is 0. The smallest absolute Gasteiger partial charge is 0.396 e. The fraction of sp³-hybridized carbons (Fsp3) is 0.375. The largest absolute Gasteiger partial charge is 0.539 e. The van der Waals surface area contributed by atoms with Crippen LogP contribution >= 0.6 is 0 Å². The zero-order valence-electron chi connectivity index (χ0n) is 13.6. The monoisotopic (exact) mass is 350 g/mol. The summed E-state index contributed by atoms with van der Waals surface area (Å²) in [5.74, 6) is -1.45. The van der Waals surface area contributed by atoms with Gasteiger partial charge in [-0.3, -0.25) is 19.2 Å². The first kappa shape index (κ1) is 18.4. The van der Waals surface area contributed by atoms with E-state index in [-0.39, 0.29) is 37.1 Å². The van der Waals surface area contributed by atoms with E-state index >= 15 is 0 Å². The van der Waals surface area contributed by atoms with Crippen molar-refractivity contribution in [3.63, 3.8) is 0 Å². The molecule has 1 aromatic carbocycles. The van der Waals surface area contributed by atoms with Gasteiger partial charge in [0.05, 0.1) is 0 Å². The molecule has 0 aliphatic carbocycles. The molecule has 1 heterocycles. The van der Waals surface area contributed by atoms with Gasteiger partial charge in [0, 0.05) is 31.1 Å². The van der Waals surface area contributed by atoms with E-state index in [2.05, 4.69) is 10.2 Å². The predicted octanol–water partition coefficient (Wildman–Crippen LogP) is 0.767. The molecule has 0 bridgehead atoms. The molecule has 1 aromatic rings. The van der Waals surface area contributed by atoms with E-state index in [1.54, 1.807) is 6.92 Å². The fourth-order valence-corrected chi connectivity index (χ4v) is 2.09. The van der Waals surface area contributed by atoms with Gasteiger partial charge in [-0.15, -0.1) is 0 Å². The van der Waals surface area contributed by atoms with E-state index in [4.69, 9.17) is 9.84 Å². The third kappa shape index (κ3) is 5.01. The summed E-state index contributed by atoms with van der Waals surface area (Å²) in [5, 5.41) is 11.9. The van der Waals surface area contributed by atoms with Crippen LogP contribution in [0.5, 0.6) is 5.75 Å². The van der Waals surface area contributed by atoms with E-state index in [1.165, 1.54) is 24.3 Å². The molecule has 0 saturated carbocycles. The average Bonchev–Trinajstić information content (AvgIpc) is 2.87. The van der Waals surface area contributed by atoms with Gasteiger partial charge in [0.15, 0.2) is 0 Å². The van der Waals surface area contributed by atoms with Gasteiger partial charge in [0.2, 0.25) is 0 Å². The third-order valence-electron chi connectivity index (χ3n) is 3.43. The fourth-order valence-electron chi connectivity index (χ4n) is 2.09. The zero-order chi connectivity index (χ0) is 18.4. The maximum absolute atomic E-state index is 12.0. The Kier molecular flexibility index (Phi) is 6.07. The summed E-state index contributed by atoms with van der Waals surface area (Å²) in [6, 6.07) is 5.45. The molecule has 1 aliphatic heterocycles. The van der Waals surface area contributed by atoms with Crippen LogP contribution in [0.2, 0.25) is 0 Å². The first-order chi connectivity index (χ1) is 11.9. The lowest BCUT2D eigenvalue weighted by atomic mass is 10.1. The highest BCUT2D eigenvalue weighted by Gasteiger charge is 2.33. The Hall–Kier alpha value is -2.94. The minimum atomic E-state index is -1.22. The van der Waals surface area contributed by atoms with Crippen molar-refractivity contribution >= 4 is 23.9 Å². The van der Waals surface area contributed by atoms with Crippen LogP contribution < -0.4 is 10.1 Å². The molecule has 2 N–H and O–H groups in total. The van der Waals surface area contributed by atoms with Crippen LogP contribution in [0, 0.1) is 0 Å². The molecule has 1 saturated heterocycles. The maximum Gasteiger partial charge on any atom is 0.539 e. The van der Waals surface area contributed by atoms with Crippen LogP contribution in [0.15, 0.2) is 24.3 Å². The van der Waals surface area contributed by atoms with Gasteiger partial charge in [-0.25, -0.2) is 4.79 Å². The second-order valence-corrected chi connectivity index (χ2v) is 5.44. The van der Waals surface area contributed by atoms with Gasteiger partial charge in [-0.05, 0) is 37.6 Å². The van der Waals surface area contributed by atoms with Gasteiger partial charge in [-0.1, -0.05) is 5.06 Å². The van der Waals surface area contributed by atoms with Crippen LogP contribution in [-0.4, -0.2) is 46.7 Å². The number of amides is 3. The highest BCUT2D eigenvalue weighted by molar-refractivity contribution is 6.01. The normalized spacial score (nSPS) is 15.0. The Labute approximate surface area is 143 Å². The summed E-state index contributed by atoms with van der Waals surface area (Å²) in [6.07, 6.45) is -0.806. The number of nitrogens with one attached hydrogen (secondary N) is 1. The number of carbonyl (C=O) groups excluding carboxylic acids is 4. The lowest BCUT2D eigenvalue weighted by Gasteiger charge is -2.13. The van der Waals surface area contributed by atoms with Crippen LogP contribution in [0.1, 0.15) is 36.5 Å². The van der Waals surface area contributed by atoms with Crippen molar-refractivity contribution in [3.05, 3.63) is 29.8 Å². The van der Waals surface area contributed by atoms with Gasteiger partial charge in [0.1, 0.15) is 5.75 Å². The van der Waals surface area contributed by atoms with E-state index in [0.29, 0.717) is 17.0 Å². The molecule has 25 heavy (non-hydrogen) atoms. The molecule has 1 fully saturated rings. The lowest BCUT2D eigenvalue weighted by molar-refractivity contribution is -0.174. The minimum absolute atomic E-state index is 0.00930. The lowest BCUT2D eigenvalue weighted by Crippen LogP contribution is -2.33. The maximum atomic E-state index is 12.0. The van der Waals surface area contributed by atoms with Crippen LogP contribution in [0.25, 0.3) is 0 Å². The molecule has 0 aromatic heterocycles. The Morgan fingerprint density at radius 2 is 1.80 bits per heavy atom. The number of imide groups is 1. The molecule has 1 unspecified atom stereocenters. The van der Waals surface area contributed by atoms with E-state index in [1.807, 2.05) is 0 Å². The van der Waals surface area contributed by atoms with Crippen LogP contribution in [0.4, 0.5) is 4.79 Å². The summed E-state index contributed by atoms with van der Waals surface area (Å²) in [4.78, 5) is 50.8. The SMILES string of the molecule is CC(CCO)NC(=O)c1ccc(OC(=O)ON2C(=O)CCC2=O)cc1. The minimum Gasteiger partial charge on any atom is -0.396 e. The van der Waals surface area contributed by atoms with Crippen LogP contribution in [0.3, 0.4) is 0 Å². The van der Waals surface area contributed by atoms with Crippen molar-refractivity contribution in [2.45, 2.75) is 32.2 Å². The van der Waals surface area contributed by atoms with Crippen LogP contribution in [-0.2, 0) is 14.4 Å². The number of benzene rings is 1. The second-order valence-electron chi connectivity index (χ2n) is 5.44. The second kappa shape index (κ2) is 8.25. The number of aliphatic hydroxyl groups is 1. The van der Waals surface area contributed by atoms with Crippen molar-refractivity contribution in [2.75, 3.05) is 6.61 Å². The molecule has 2 rings (SSSR count). The number of nitrogens with zero attached hydrogens (tertiary/aromatic N) is 1. The highest BCUT2D eigenvalue weighted by atomic mass is 16.8. The van der Waals surface area contributed by atoms with Gasteiger partial charge < -0.3 is 15.2 Å². The molecule has 0 radical (unpaired) electrons. The Morgan fingerprint density at radius 1 is 1.20 bits per heavy atom. The van der Waals surface area contributed by atoms with Crippen molar-refractivity contribution in [2.24, 2.45) is 0 Å². The van der Waals surface area contributed by atoms with E-state index in [9.17, 15) is 19.2 Å². The number of hydrogen-bond donors (Lipinski definition) is 2. The number of aliphatic hydroxyl groups excluding tert-OH is 1. The molecule has 9 nitrogen and oxygen atoms in total. The van der Waals surface area contributed by atoms with Crippen molar-refractivity contribution in [3.8, 4) is 5.75 Å². The molecule has 1 aliphatic rings. The molecule has 1 atom stereocenters. The van der Waals surface area contributed by atoms with Gasteiger partial charge in [0.25, 0.3) is 17.7 Å². The quantitative estimate of drug-likeness (QED) is 0.441. The van der Waals surface area contributed by atoms with Crippen molar-refractivity contribution in [1.29, 1.82) is 0 Å². The van der Waals surface area contributed by atoms with Gasteiger partial charge >= 0.3 is 6.16 Å². The molecular formula is C16H18N2O7. The molecule has 134 valence electrons. The van der Waals surface area contributed by atoms with E-state index < -0.39 is 18.0 Å². The highest BCUT2D eigenvalue weighted by Crippen LogP contribution is 2.16. The Balaban J connectivity index is 1.89. The first-order valence-corrected chi connectivity index (χ1v) is 7.68. The summed E-state index contributed by atoms with van der Waals surface area (Å²) in [7, 11) is 0. The first-order valence-electron chi connectivity index (χ1n) is 7.68. The standard InChI is InChI=1S/C16H18N2O7/c1-10(8-9-19)17-15(22)11-2-4-12(5-3-11)24-16(23)25-18-13(20)6-7-14(18)21/h2-5,10,19H,6-9H2,1H3,(H,17,22). The molecular weight excluding hydrogens is 332 g/mol.